The molecular weight excluding hydrogens is 548 g/mol. The average Bonchev–Trinajstić information content (AvgIpc) is 2.64. The van der Waals surface area contributed by atoms with Gasteiger partial charge >= 0.3 is 0 Å². The van der Waals surface area contributed by atoms with Crippen LogP contribution in [0.25, 0.3) is 22.3 Å². The molecule has 26 heavy (non-hydrogen) atoms. The molecule has 0 aliphatic rings. The van der Waals surface area contributed by atoms with E-state index in [0.29, 0.717) is 6.42 Å². The second-order valence-corrected chi connectivity index (χ2v) is 8.64. The van der Waals surface area contributed by atoms with Crippen LogP contribution in [0.4, 0.5) is 5.69 Å². The third-order valence-electron chi connectivity index (χ3n) is 4.18. The first kappa shape index (κ1) is 19.4. The Kier molecular flexibility index (Phi) is 6.34. The van der Waals surface area contributed by atoms with E-state index in [9.17, 15) is 4.79 Å². The fraction of sp³-hybridized carbons (Fsp3) is 0.136. The highest BCUT2D eigenvalue weighted by Gasteiger charge is 2.15. The molecule has 0 atom stereocenters. The minimum atomic E-state index is 0.0207. The van der Waals surface area contributed by atoms with Crippen LogP contribution in [0.3, 0.4) is 0 Å². The fourth-order valence-corrected chi connectivity index (χ4v) is 3.58. The Balaban J connectivity index is 2.24. The molecule has 1 N–H and O–H groups in total. The standard InChI is InChI=1S/C22H19I2NO/c1-3-21(26)25-22-19(15-4-8-17(23)9-5-15)12-14(2)13-20(22)16-6-10-18(24)11-7-16/h4-13H,3H2,1-2H3,(H,25,26). The zero-order valence-corrected chi connectivity index (χ0v) is 19.0. The molecule has 0 spiro atoms. The lowest BCUT2D eigenvalue weighted by molar-refractivity contribution is -0.115. The van der Waals surface area contributed by atoms with Crippen molar-refractivity contribution in [3.8, 4) is 22.3 Å². The minimum Gasteiger partial charge on any atom is -0.325 e. The Bertz CT molecular complexity index is 865. The highest BCUT2D eigenvalue weighted by atomic mass is 127. The van der Waals surface area contributed by atoms with E-state index in [4.69, 9.17) is 0 Å². The van der Waals surface area contributed by atoms with Crippen molar-refractivity contribution in [2.24, 2.45) is 0 Å². The third-order valence-corrected chi connectivity index (χ3v) is 5.62. The van der Waals surface area contributed by atoms with Crippen molar-refractivity contribution in [2.45, 2.75) is 20.3 Å². The molecule has 3 rings (SSSR count). The summed E-state index contributed by atoms with van der Waals surface area (Å²) in [6.07, 6.45) is 0.451. The maximum absolute atomic E-state index is 12.2. The lowest BCUT2D eigenvalue weighted by atomic mass is 9.93. The molecule has 0 fully saturated rings. The zero-order chi connectivity index (χ0) is 18.7. The van der Waals surface area contributed by atoms with E-state index >= 15 is 0 Å². The summed E-state index contributed by atoms with van der Waals surface area (Å²) in [5.41, 5.74) is 6.36. The summed E-state index contributed by atoms with van der Waals surface area (Å²) >= 11 is 4.61. The molecule has 0 heterocycles. The summed E-state index contributed by atoms with van der Waals surface area (Å²) in [6, 6.07) is 21.1. The van der Waals surface area contributed by atoms with Crippen molar-refractivity contribution in [3.05, 3.63) is 73.4 Å². The van der Waals surface area contributed by atoms with E-state index in [0.717, 1.165) is 27.9 Å². The Morgan fingerprint density at radius 1 is 0.846 bits per heavy atom. The zero-order valence-electron chi connectivity index (χ0n) is 14.6. The van der Waals surface area contributed by atoms with E-state index in [1.807, 2.05) is 6.92 Å². The minimum absolute atomic E-state index is 0.0207. The second-order valence-electron chi connectivity index (χ2n) is 6.15. The molecule has 4 heteroatoms. The molecule has 0 aliphatic carbocycles. The summed E-state index contributed by atoms with van der Waals surface area (Å²) in [5, 5.41) is 3.14. The number of amides is 1. The number of aryl methyl sites for hydroxylation is 1. The third kappa shape index (κ3) is 4.46. The molecule has 0 aromatic heterocycles. The maximum Gasteiger partial charge on any atom is 0.224 e. The van der Waals surface area contributed by atoms with Gasteiger partial charge in [-0.2, -0.15) is 0 Å². The number of carbonyl (C=O) groups excluding carboxylic acids is 1. The van der Waals surface area contributed by atoms with Crippen LogP contribution in [-0.4, -0.2) is 5.91 Å². The van der Waals surface area contributed by atoms with Gasteiger partial charge in [-0.05, 0) is 105 Å². The molecule has 3 aromatic carbocycles. The molecule has 0 unspecified atom stereocenters. The molecule has 132 valence electrons. The number of hydrogen-bond donors (Lipinski definition) is 1. The first-order valence-electron chi connectivity index (χ1n) is 8.44. The van der Waals surface area contributed by atoms with E-state index in [1.165, 1.54) is 12.7 Å². The Morgan fingerprint density at radius 2 is 1.27 bits per heavy atom. The van der Waals surface area contributed by atoms with Crippen molar-refractivity contribution in [1.82, 2.24) is 0 Å². The van der Waals surface area contributed by atoms with Crippen LogP contribution in [0.2, 0.25) is 0 Å². The van der Waals surface area contributed by atoms with Gasteiger partial charge in [0.15, 0.2) is 0 Å². The summed E-state index contributed by atoms with van der Waals surface area (Å²) < 4.78 is 2.38. The Morgan fingerprint density at radius 3 is 1.65 bits per heavy atom. The number of carbonyl (C=O) groups is 1. The van der Waals surface area contributed by atoms with E-state index in [2.05, 4.69) is 118 Å². The second kappa shape index (κ2) is 8.52. The lowest BCUT2D eigenvalue weighted by Crippen LogP contribution is -2.11. The van der Waals surface area contributed by atoms with Gasteiger partial charge < -0.3 is 5.32 Å². The molecule has 0 saturated carbocycles. The molecule has 0 bridgehead atoms. The monoisotopic (exact) mass is 567 g/mol. The van der Waals surface area contributed by atoms with E-state index in [1.54, 1.807) is 0 Å². The number of benzene rings is 3. The van der Waals surface area contributed by atoms with E-state index < -0.39 is 0 Å². The van der Waals surface area contributed by atoms with Gasteiger partial charge in [-0.15, -0.1) is 0 Å². The topological polar surface area (TPSA) is 29.1 Å². The number of halogens is 2. The first-order chi connectivity index (χ1) is 12.5. The van der Waals surface area contributed by atoms with Gasteiger partial charge in [0.05, 0.1) is 5.69 Å². The predicted octanol–water partition coefficient (Wildman–Crippen LogP) is 6.89. The van der Waals surface area contributed by atoms with Gasteiger partial charge in [0.25, 0.3) is 0 Å². The lowest BCUT2D eigenvalue weighted by Gasteiger charge is -2.18. The summed E-state index contributed by atoms with van der Waals surface area (Å²) in [7, 11) is 0. The number of hydrogen-bond acceptors (Lipinski definition) is 1. The largest absolute Gasteiger partial charge is 0.325 e. The summed E-state index contributed by atoms with van der Waals surface area (Å²) in [4.78, 5) is 12.2. The van der Waals surface area contributed by atoms with Crippen LogP contribution in [0.1, 0.15) is 18.9 Å². The van der Waals surface area contributed by atoms with Crippen LogP contribution in [-0.2, 0) is 4.79 Å². The summed E-state index contributed by atoms with van der Waals surface area (Å²) in [6.45, 7) is 3.97. The number of nitrogens with one attached hydrogen (secondary N) is 1. The van der Waals surface area contributed by atoms with Crippen molar-refractivity contribution >= 4 is 56.8 Å². The van der Waals surface area contributed by atoms with Crippen molar-refractivity contribution < 1.29 is 4.79 Å². The van der Waals surface area contributed by atoms with Crippen LogP contribution in [0.15, 0.2) is 60.7 Å². The van der Waals surface area contributed by atoms with Gasteiger partial charge in [0, 0.05) is 24.7 Å². The molecule has 3 aromatic rings. The molecule has 2 nitrogen and oxygen atoms in total. The van der Waals surface area contributed by atoms with Crippen LogP contribution < -0.4 is 5.32 Å². The molecule has 0 aliphatic heterocycles. The van der Waals surface area contributed by atoms with E-state index in [-0.39, 0.29) is 5.91 Å². The van der Waals surface area contributed by atoms with Crippen molar-refractivity contribution in [1.29, 1.82) is 0 Å². The number of anilines is 1. The SMILES string of the molecule is CCC(=O)Nc1c(-c2ccc(I)cc2)cc(C)cc1-c1ccc(I)cc1. The first-order valence-corrected chi connectivity index (χ1v) is 10.6. The van der Waals surface area contributed by atoms with Crippen LogP contribution in [0.5, 0.6) is 0 Å². The number of rotatable bonds is 4. The molecule has 0 radical (unpaired) electrons. The smallest absolute Gasteiger partial charge is 0.224 e. The van der Waals surface area contributed by atoms with Crippen LogP contribution in [0, 0.1) is 14.1 Å². The molecule has 1 amide bonds. The van der Waals surface area contributed by atoms with Gasteiger partial charge in [-0.1, -0.05) is 31.2 Å². The molecule has 0 saturated heterocycles. The van der Waals surface area contributed by atoms with Crippen molar-refractivity contribution in [3.63, 3.8) is 0 Å². The highest BCUT2D eigenvalue weighted by Crippen LogP contribution is 2.38. The Hall–Kier alpha value is -1.41. The van der Waals surface area contributed by atoms with Gasteiger partial charge in [0.2, 0.25) is 5.91 Å². The molecular formula is C22H19I2NO. The quantitative estimate of drug-likeness (QED) is 0.342. The average molecular weight is 567 g/mol. The van der Waals surface area contributed by atoms with Gasteiger partial charge in [-0.25, -0.2) is 0 Å². The highest BCUT2D eigenvalue weighted by molar-refractivity contribution is 14.1. The Labute approximate surface area is 181 Å². The summed E-state index contributed by atoms with van der Waals surface area (Å²) in [5.74, 6) is 0.0207. The van der Waals surface area contributed by atoms with Crippen molar-refractivity contribution in [2.75, 3.05) is 5.32 Å². The normalized spacial score (nSPS) is 10.6. The fourth-order valence-electron chi connectivity index (χ4n) is 2.86. The predicted molar refractivity (Wildman–Crippen MR) is 126 cm³/mol. The van der Waals surface area contributed by atoms with Gasteiger partial charge in [-0.3, -0.25) is 4.79 Å². The van der Waals surface area contributed by atoms with Gasteiger partial charge in [0.1, 0.15) is 0 Å². The van der Waals surface area contributed by atoms with Crippen LogP contribution >= 0.6 is 45.2 Å². The maximum atomic E-state index is 12.2.